The van der Waals surface area contributed by atoms with E-state index in [-0.39, 0.29) is 6.10 Å². The molecule has 1 rings (SSSR count). The quantitative estimate of drug-likeness (QED) is 0.727. The molecular weight excluding hydrogens is 200 g/mol. The monoisotopic (exact) mass is 222 g/mol. The number of nitrogens with two attached hydrogens (primary N) is 2. The molecule has 16 heavy (non-hydrogen) atoms. The van der Waals surface area contributed by atoms with Gasteiger partial charge in [0.15, 0.2) is 0 Å². The van der Waals surface area contributed by atoms with Crippen LogP contribution in [0.15, 0.2) is 18.2 Å². The maximum absolute atomic E-state index is 5.76. The molecule has 4 N–H and O–H groups in total. The van der Waals surface area contributed by atoms with Crippen LogP contribution < -0.4 is 11.5 Å². The molecule has 0 heterocycles. The largest absolute Gasteiger partial charge is 0.399 e. The topological polar surface area (TPSA) is 61.3 Å². The highest BCUT2D eigenvalue weighted by atomic mass is 16.5. The van der Waals surface area contributed by atoms with Gasteiger partial charge in [0.05, 0.1) is 6.10 Å². The molecule has 0 aliphatic carbocycles. The van der Waals surface area contributed by atoms with Gasteiger partial charge in [-0.15, -0.1) is 0 Å². The van der Waals surface area contributed by atoms with Gasteiger partial charge in [-0.25, -0.2) is 0 Å². The van der Waals surface area contributed by atoms with E-state index in [1.54, 1.807) is 6.07 Å². The third-order valence-electron chi connectivity index (χ3n) is 2.51. The minimum absolute atomic E-state index is 0.265. The predicted molar refractivity (Wildman–Crippen MR) is 69.3 cm³/mol. The van der Waals surface area contributed by atoms with Crippen LogP contribution in [0, 0.1) is 0 Å². The maximum atomic E-state index is 5.76. The molecule has 0 aliphatic rings. The van der Waals surface area contributed by atoms with Crippen LogP contribution in [-0.4, -0.2) is 12.7 Å². The summed E-state index contributed by atoms with van der Waals surface area (Å²) in [4.78, 5) is 0. The fourth-order valence-corrected chi connectivity index (χ4v) is 1.73. The van der Waals surface area contributed by atoms with Crippen molar-refractivity contribution in [3.63, 3.8) is 0 Å². The molecule has 0 bridgehead atoms. The molecule has 0 radical (unpaired) electrons. The van der Waals surface area contributed by atoms with E-state index in [0.717, 1.165) is 42.8 Å². The lowest BCUT2D eigenvalue weighted by Crippen LogP contribution is -2.15. The van der Waals surface area contributed by atoms with Crippen molar-refractivity contribution < 1.29 is 4.74 Å². The molecule has 0 saturated carbocycles. The number of hydrogen-bond donors (Lipinski definition) is 2. The Morgan fingerprint density at radius 2 is 1.75 bits per heavy atom. The third kappa shape index (κ3) is 4.11. The fraction of sp³-hybridized carbons (Fsp3) is 0.538. The maximum Gasteiger partial charge on any atom is 0.0612 e. The van der Waals surface area contributed by atoms with Crippen LogP contribution in [-0.2, 0) is 11.2 Å². The average molecular weight is 222 g/mol. The van der Waals surface area contributed by atoms with Crippen molar-refractivity contribution in [3.8, 4) is 0 Å². The van der Waals surface area contributed by atoms with Crippen LogP contribution in [0.25, 0.3) is 0 Å². The van der Waals surface area contributed by atoms with Crippen molar-refractivity contribution in [2.75, 3.05) is 18.1 Å². The molecule has 1 aromatic carbocycles. The van der Waals surface area contributed by atoms with Gasteiger partial charge >= 0.3 is 0 Å². The Balaban J connectivity index is 2.62. The Hall–Kier alpha value is -1.22. The van der Waals surface area contributed by atoms with Gasteiger partial charge < -0.3 is 16.2 Å². The summed E-state index contributed by atoms with van der Waals surface area (Å²) >= 11 is 0. The average Bonchev–Trinajstić information content (AvgIpc) is 2.22. The van der Waals surface area contributed by atoms with Gasteiger partial charge in [0.2, 0.25) is 0 Å². The smallest absolute Gasteiger partial charge is 0.0612 e. The molecule has 0 fully saturated rings. The van der Waals surface area contributed by atoms with E-state index in [2.05, 4.69) is 13.8 Å². The summed E-state index contributed by atoms with van der Waals surface area (Å²) in [6.07, 6.45) is 3.21. The fourth-order valence-electron chi connectivity index (χ4n) is 1.73. The Kier molecular flexibility index (Phi) is 5.12. The standard InChI is InChI=1S/C13H22N2O/c1-3-5-16-13(4-2)8-10-6-11(14)9-12(15)7-10/h6-7,9,13H,3-5,8,14-15H2,1-2H3. The Labute approximate surface area is 97.8 Å². The normalized spacial score (nSPS) is 12.6. The highest BCUT2D eigenvalue weighted by Crippen LogP contribution is 2.17. The first-order valence-corrected chi connectivity index (χ1v) is 5.92. The van der Waals surface area contributed by atoms with Gasteiger partial charge in [-0.3, -0.25) is 0 Å². The van der Waals surface area contributed by atoms with E-state index in [9.17, 15) is 0 Å². The summed E-state index contributed by atoms with van der Waals surface area (Å²) in [5.74, 6) is 0. The summed E-state index contributed by atoms with van der Waals surface area (Å²) in [6.45, 7) is 5.07. The molecular formula is C13H22N2O. The minimum atomic E-state index is 0.265. The molecule has 3 heteroatoms. The number of nitrogen functional groups attached to an aromatic ring is 2. The number of anilines is 2. The molecule has 1 atom stereocenters. The predicted octanol–water partition coefficient (Wildman–Crippen LogP) is 2.60. The van der Waals surface area contributed by atoms with Crippen LogP contribution in [0.4, 0.5) is 11.4 Å². The molecule has 1 aromatic rings. The van der Waals surface area contributed by atoms with Crippen LogP contribution in [0.2, 0.25) is 0 Å². The van der Waals surface area contributed by atoms with Crippen molar-refractivity contribution in [2.24, 2.45) is 0 Å². The molecule has 3 nitrogen and oxygen atoms in total. The molecule has 0 amide bonds. The van der Waals surface area contributed by atoms with Gasteiger partial charge in [0.25, 0.3) is 0 Å². The third-order valence-corrected chi connectivity index (χ3v) is 2.51. The van der Waals surface area contributed by atoms with Gasteiger partial charge in [0.1, 0.15) is 0 Å². The summed E-state index contributed by atoms with van der Waals surface area (Å²) in [5, 5.41) is 0. The number of benzene rings is 1. The zero-order valence-electron chi connectivity index (χ0n) is 10.2. The zero-order chi connectivity index (χ0) is 12.0. The van der Waals surface area contributed by atoms with E-state index >= 15 is 0 Å². The van der Waals surface area contributed by atoms with E-state index in [1.807, 2.05) is 12.1 Å². The second kappa shape index (κ2) is 6.38. The SMILES string of the molecule is CCCOC(CC)Cc1cc(N)cc(N)c1. The van der Waals surface area contributed by atoms with E-state index in [4.69, 9.17) is 16.2 Å². The summed E-state index contributed by atoms with van der Waals surface area (Å²) in [7, 11) is 0. The number of ether oxygens (including phenoxy) is 1. The molecule has 90 valence electrons. The van der Waals surface area contributed by atoms with Crippen molar-refractivity contribution in [1.82, 2.24) is 0 Å². The van der Waals surface area contributed by atoms with Crippen LogP contribution in [0.5, 0.6) is 0 Å². The molecule has 1 unspecified atom stereocenters. The highest BCUT2D eigenvalue weighted by Gasteiger charge is 2.08. The van der Waals surface area contributed by atoms with Gasteiger partial charge in [0, 0.05) is 18.0 Å². The lowest BCUT2D eigenvalue weighted by atomic mass is 10.0. The van der Waals surface area contributed by atoms with Crippen LogP contribution in [0.1, 0.15) is 32.3 Å². The van der Waals surface area contributed by atoms with Gasteiger partial charge in [-0.05, 0) is 43.0 Å². The van der Waals surface area contributed by atoms with Crippen molar-refractivity contribution >= 4 is 11.4 Å². The van der Waals surface area contributed by atoms with Crippen LogP contribution in [0.3, 0.4) is 0 Å². The first kappa shape index (κ1) is 12.8. The molecule has 0 aliphatic heterocycles. The van der Waals surface area contributed by atoms with Gasteiger partial charge in [-0.2, -0.15) is 0 Å². The Morgan fingerprint density at radius 1 is 1.12 bits per heavy atom. The zero-order valence-corrected chi connectivity index (χ0v) is 10.2. The number of rotatable bonds is 6. The highest BCUT2D eigenvalue weighted by molar-refractivity contribution is 5.54. The minimum Gasteiger partial charge on any atom is -0.399 e. The lowest BCUT2D eigenvalue weighted by molar-refractivity contribution is 0.0515. The summed E-state index contributed by atoms with van der Waals surface area (Å²) in [5.41, 5.74) is 14.1. The van der Waals surface area contributed by atoms with Crippen molar-refractivity contribution in [3.05, 3.63) is 23.8 Å². The molecule has 0 aromatic heterocycles. The lowest BCUT2D eigenvalue weighted by Gasteiger charge is -2.16. The Morgan fingerprint density at radius 3 is 2.25 bits per heavy atom. The second-order valence-corrected chi connectivity index (χ2v) is 4.11. The van der Waals surface area contributed by atoms with E-state index in [0.29, 0.717) is 0 Å². The summed E-state index contributed by atoms with van der Waals surface area (Å²) in [6, 6.07) is 5.71. The Bertz CT molecular complexity index is 305. The first-order valence-electron chi connectivity index (χ1n) is 5.92. The number of hydrogen-bond acceptors (Lipinski definition) is 3. The first-order chi connectivity index (χ1) is 7.65. The van der Waals surface area contributed by atoms with Crippen molar-refractivity contribution in [1.29, 1.82) is 0 Å². The van der Waals surface area contributed by atoms with E-state index in [1.165, 1.54) is 0 Å². The summed E-state index contributed by atoms with van der Waals surface area (Å²) < 4.78 is 5.74. The second-order valence-electron chi connectivity index (χ2n) is 4.11. The van der Waals surface area contributed by atoms with Crippen LogP contribution >= 0.6 is 0 Å². The van der Waals surface area contributed by atoms with Crippen molar-refractivity contribution in [2.45, 2.75) is 39.2 Å². The molecule has 0 spiro atoms. The van der Waals surface area contributed by atoms with Gasteiger partial charge in [-0.1, -0.05) is 13.8 Å². The molecule has 0 saturated heterocycles. The van der Waals surface area contributed by atoms with E-state index < -0.39 is 0 Å².